The minimum Gasteiger partial charge on any atom is -0.463 e. The summed E-state index contributed by atoms with van der Waals surface area (Å²) in [6.07, 6.45) is 4.48. The molecule has 10 nitrogen and oxygen atoms in total. The first kappa shape index (κ1) is 23.1. The van der Waals surface area contributed by atoms with Crippen LogP contribution in [0.4, 0.5) is 22.1 Å². The molecular formula is C25H31N7O3. The summed E-state index contributed by atoms with van der Waals surface area (Å²) >= 11 is 0. The fourth-order valence-electron chi connectivity index (χ4n) is 4.48. The van der Waals surface area contributed by atoms with Gasteiger partial charge in [-0.15, -0.1) is 0 Å². The normalized spacial score (nSPS) is 18.4. The minimum atomic E-state index is -0.101. The molecule has 0 bridgehead atoms. The van der Waals surface area contributed by atoms with E-state index < -0.39 is 0 Å². The molecule has 2 aliphatic rings. The molecule has 5 rings (SSSR count). The second-order valence-electron chi connectivity index (χ2n) is 9.04. The largest absolute Gasteiger partial charge is 0.463 e. The van der Waals surface area contributed by atoms with Crippen molar-refractivity contribution >= 4 is 23.4 Å². The molecule has 0 spiro atoms. The lowest BCUT2D eigenvalue weighted by molar-refractivity contribution is 0.122. The van der Waals surface area contributed by atoms with Gasteiger partial charge in [-0.3, -0.25) is 14.5 Å². The molecule has 3 aromatic rings. The van der Waals surface area contributed by atoms with Crippen LogP contribution in [0.5, 0.6) is 6.01 Å². The van der Waals surface area contributed by atoms with E-state index in [-0.39, 0.29) is 18.1 Å². The lowest BCUT2D eigenvalue weighted by Gasteiger charge is -2.29. The zero-order valence-electron chi connectivity index (χ0n) is 20.4. The zero-order valence-corrected chi connectivity index (χ0v) is 20.4. The van der Waals surface area contributed by atoms with Crippen molar-refractivity contribution in [3.05, 3.63) is 53.9 Å². The Morgan fingerprint density at radius 2 is 1.94 bits per heavy atom. The van der Waals surface area contributed by atoms with Gasteiger partial charge in [0.15, 0.2) is 0 Å². The maximum Gasteiger partial charge on any atom is 0.330 e. The number of anilines is 3. The maximum absolute atomic E-state index is 13.5. The molecule has 2 aliphatic heterocycles. The molecule has 2 saturated heterocycles. The molecule has 0 saturated carbocycles. The van der Waals surface area contributed by atoms with E-state index in [1.165, 1.54) is 0 Å². The molecule has 0 N–H and O–H groups in total. The van der Waals surface area contributed by atoms with Crippen LogP contribution in [0.25, 0.3) is 0 Å². The number of ether oxygens (including phenoxy) is 2. The molecule has 2 aromatic heterocycles. The molecule has 35 heavy (non-hydrogen) atoms. The van der Waals surface area contributed by atoms with Crippen molar-refractivity contribution in [1.82, 2.24) is 19.7 Å². The number of nitrogens with zero attached hydrogens (tertiary/aromatic N) is 7. The van der Waals surface area contributed by atoms with E-state index in [2.05, 4.69) is 20.0 Å². The zero-order chi connectivity index (χ0) is 24.4. The second kappa shape index (κ2) is 9.91. The van der Waals surface area contributed by atoms with E-state index >= 15 is 0 Å². The van der Waals surface area contributed by atoms with Gasteiger partial charge in [0.1, 0.15) is 11.6 Å². The first-order valence-electron chi connectivity index (χ1n) is 12.0. The van der Waals surface area contributed by atoms with Crippen molar-refractivity contribution in [2.45, 2.75) is 26.3 Å². The Morgan fingerprint density at radius 1 is 1.14 bits per heavy atom. The Kier molecular flexibility index (Phi) is 6.54. The Bertz CT molecular complexity index is 1190. The van der Waals surface area contributed by atoms with Crippen LogP contribution in [0, 0.1) is 6.92 Å². The molecule has 0 radical (unpaired) electrons. The number of carbonyl (C=O) groups is 1. The van der Waals surface area contributed by atoms with Gasteiger partial charge in [-0.2, -0.15) is 15.1 Å². The van der Waals surface area contributed by atoms with Gasteiger partial charge in [-0.25, -0.2) is 4.79 Å². The number of carbonyl (C=O) groups excluding carboxylic acids is 1. The fourth-order valence-corrected chi connectivity index (χ4v) is 4.48. The van der Waals surface area contributed by atoms with Crippen LogP contribution in [0.1, 0.15) is 18.1 Å². The Morgan fingerprint density at radius 3 is 2.69 bits per heavy atom. The molecule has 4 heterocycles. The summed E-state index contributed by atoms with van der Waals surface area (Å²) in [4.78, 5) is 28.5. The summed E-state index contributed by atoms with van der Waals surface area (Å²) in [5.41, 5.74) is 3.08. The van der Waals surface area contributed by atoms with Crippen molar-refractivity contribution < 1.29 is 14.3 Å². The number of urea groups is 1. The molecule has 1 unspecified atom stereocenters. The van der Waals surface area contributed by atoms with E-state index in [4.69, 9.17) is 9.47 Å². The van der Waals surface area contributed by atoms with Gasteiger partial charge in [0.2, 0.25) is 0 Å². The molecule has 1 atom stereocenters. The summed E-state index contributed by atoms with van der Waals surface area (Å²) in [7, 11) is 1.89. The Labute approximate surface area is 205 Å². The van der Waals surface area contributed by atoms with Gasteiger partial charge in [0.25, 0.3) is 0 Å². The number of hydrogen-bond acceptors (Lipinski definition) is 7. The van der Waals surface area contributed by atoms with Gasteiger partial charge >= 0.3 is 12.0 Å². The highest BCUT2D eigenvalue weighted by Gasteiger charge is 2.38. The maximum atomic E-state index is 13.5. The quantitative estimate of drug-likeness (QED) is 0.517. The number of benzene rings is 1. The number of aryl methyl sites for hydroxylation is 2. The average Bonchev–Trinajstić information content (AvgIpc) is 3.41. The molecule has 2 fully saturated rings. The number of aromatic nitrogens is 4. The lowest BCUT2D eigenvalue weighted by Crippen LogP contribution is -2.38. The van der Waals surface area contributed by atoms with Crippen molar-refractivity contribution in [2.75, 3.05) is 54.2 Å². The van der Waals surface area contributed by atoms with Gasteiger partial charge in [0, 0.05) is 51.1 Å². The standard InChI is InChI=1S/C25H31N7O3/c1-18-5-4-6-21(13-18)31-16-19(2)32(25(31)33)23-14-22(30-8-11-34-12-9-30)27-24(28-23)35-10-7-20-15-26-29(3)17-20/h4-6,13-15,17,19H,7-12,16H2,1-3H3. The summed E-state index contributed by atoms with van der Waals surface area (Å²) in [6.45, 7) is 7.78. The summed E-state index contributed by atoms with van der Waals surface area (Å²) < 4.78 is 13.3. The highest BCUT2D eigenvalue weighted by molar-refractivity contribution is 6.06. The monoisotopic (exact) mass is 477 g/mol. The van der Waals surface area contributed by atoms with Gasteiger partial charge in [-0.05, 0) is 37.1 Å². The first-order valence-corrected chi connectivity index (χ1v) is 12.0. The summed E-state index contributed by atoms with van der Waals surface area (Å²) in [5, 5.41) is 4.20. The van der Waals surface area contributed by atoms with Gasteiger partial charge in [-0.1, -0.05) is 12.1 Å². The van der Waals surface area contributed by atoms with E-state index in [9.17, 15) is 4.79 Å². The van der Waals surface area contributed by atoms with E-state index in [1.807, 2.05) is 63.6 Å². The minimum absolute atomic E-state index is 0.0568. The van der Waals surface area contributed by atoms with Gasteiger partial charge in [0.05, 0.1) is 32.1 Å². The molecular weight excluding hydrogens is 446 g/mol. The van der Waals surface area contributed by atoms with Crippen LogP contribution in [0.2, 0.25) is 0 Å². The number of hydrogen-bond donors (Lipinski definition) is 0. The predicted molar refractivity (Wildman–Crippen MR) is 133 cm³/mol. The van der Waals surface area contributed by atoms with E-state index in [0.29, 0.717) is 38.6 Å². The lowest BCUT2D eigenvalue weighted by atomic mass is 10.2. The third-order valence-electron chi connectivity index (χ3n) is 6.28. The van der Waals surface area contributed by atoms with Crippen molar-refractivity contribution in [3.8, 4) is 6.01 Å². The fraction of sp³-hybridized carbons (Fsp3) is 0.440. The Balaban J connectivity index is 1.41. The number of morpholine rings is 1. The second-order valence-corrected chi connectivity index (χ2v) is 9.04. The summed E-state index contributed by atoms with van der Waals surface area (Å²) in [5.74, 6) is 1.29. The molecule has 10 heteroatoms. The van der Waals surface area contributed by atoms with Crippen LogP contribution in [-0.4, -0.2) is 71.3 Å². The molecule has 2 amide bonds. The smallest absolute Gasteiger partial charge is 0.330 e. The highest BCUT2D eigenvalue weighted by atomic mass is 16.5. The van der Waals surface area contributed by atoms with E-state index in [0.717, 1.165) is 35.7 Å². The van der Waals surface area contributed by atoms with E-state index in [1.54, 1.807) is 14.5 Å². The summed E-state index contributed by atoms with van der Waals surface area (Å²) in [6, 6.07) is 9.98. The molecule has 184 valence electrons. The third-order valence-corrected chi connectivity index (χ3v) is 6.28. The Hall–Kier alpha value is -3.66. The average molecular weight is 478 g/mol. The number of amides is 2. The van der Waals surface area contributed by atoms with Crippen LogP contribution in [0.3, 0.4) is 0 Å². The first-order chi connectivity index (χ1) is 17.0. The van der Waals surface area contributed by atoms with Crippen molar-refractivity contribution in [1.29, 1.82) is 0 Å². The van der Waals surface area contributed by atoms with Crippen LogP contribution in [-0.2, 0) is 18.2 Å². The SMILES string of the molecule is Cc1cccc(N2CC(C)N(c3cc(N4CCOCC4)nc(OCCc4cnn(C)c4)n3)C2=O)c1. The van der Waals surface area contributed by atoms with Crippen LogP contribution in [0.15, 0.2) is 42.7 Å². The number of rotatable bonds is 7. The van der Waals surface area contributed by atoms with Crippen LogP contribution >= 0.6 is 0 Å². The topological polar surface area (TPSA) is 88.8 Å². The van der Waals surface area contributed by atoms with Crippen molar-refractivity contribution in [3.63, 3.8) is 0 Å². The van der Waals surface area contributed by atoms with Gasteiger partial charge < -0.3 is 14.4 Å². The third kappa shape index (κ3) is 5.07. The predicted octanol–water partition coefficient (Wildman–Crippen LogP) is 2.81. The van der Waals surface area contributed by atoms with Crippen LogP contribution < -0.4 is 19.4 Å². The highest BCUT2D eigenvalue weighted by Crippen LogP contribution is 2.31. The van der Waals surface area contributed by atoms with Crippen molar-refractivity contribution in [2.24, 2.45) is 7.05 Å². The molecule has 1 aromatic carbocycles. The molecule has 0 aliphatic carbocycles.